The third-order valence-corrected chi connectivity index (χ3v) is 3.78. The number of nitrogens with one attached hydrogen (secondary N) is 1. The van der Waals surface area contributed by atoms with Gasteiger partial charge in [-0.05, 0) is 12.1 Å². The maximum atomic E-state index is 12.4. The Labute approximate surface area is 143 Å². The van der Waals surface area contributed by atoms with Crippen LogP contribution in [-0.4, -0.2) is 64.7 Å². The highest BCUT2D eigenvalue weighted by atomic mass is 16.5. The fourth-order valence-electron chi connectivity index (χ4n) is 2.51. The van der Waals surface area contributed by atoms with Crippen molar-refractivity contribution < 1.29 is 24.2 Å². The number of nitrogens with zero attached hydrogens (tertiary/aromatic N) is 3. The molecule has 9 heteroatoms. The molecule has 0 bridgehead atoms. The van der Waals surface area contributed by atoms with Gasteiger partial charge in [0.15, 0.2) is 6.10 Å². The Kier molecular flexibility index (Phi) is 4.85. The number of aliphatic carboxylic acids is 1. The summed E-state index contributed by atoms with van der Waals surface area (Å²) in [5.74, 6) is -0.520. The molecule has 1 fully saturated rings. The van der Waals surface area contributed by atoms with Crippen molar-refractivity contribution in [2.24, 2.45) is 0 Å². The van der Waals surface area contributed by atoms with E-state index in [-0.39, 0.29) is 13.2 Å². The lowest BCUT2D eigenvalue weighted by Crippen LogP contribution is -2.49. The SMILES string of the molecule is COc1cc(NC(=O)N2CCOC(C(=O)O)C2)cc(-n2cccn2)c1. The minimum Gasteiger partial charge on any atom is -0.497 e. The molecule has 1 aliphatic rings. The van der Waals surface area contributed by atoms with E-state index in [0.29, 0.717) is 18.0 Å². The molecular weight excluding hydrogens is 328 g/mol. The topological polar surface area (TPSA) is 106 Å². The number of rotatable bonds is 4. The smallest absolute Gasteiger partial charge is 0.334 e. The van der Waals surface area contributed by atoms with E-state index in [9.17, 15) is 9.59 Å². The second-order valence-electron chi connectivity index (χ2n) is 5.44. The monoisotopic (exact) mass is 346 g/mol. The van der Waals surface area contributed by atoms with Gasteiger partial charge in [0.05, 0.1) is 25.9 Å². The van der Waals surface area contributed by atoms with Crippen LogP contribution in [0.4, 0.5) is 10.5 Å². The molecule has 1 aromatic carbocycles. The van der Waals surface area contributed by atoms with Crippen molar-refractivity contribution in [3.63, 3.8) is 0 Å². The summed E-state index contributed by atoms with van der Waals surface area (Å²) in [6, 6.07) is 6.62. The minimum absolute atomic E-state index is 0.00283. The van der Waals surface area contributed by atoms with Crippen LogP contribution in [0.3, 0.4) is 0 Å². The molecule has 2 aromatic rings. The number of carboxylic acid groups (broad SMARTS) is 1. The van der Waals surface area contributed by atoms with Crippen molar-refractivity contribution in [3.8, 4) is 11.4 Å². The molecule has 0 saturated carbocycles. The van der Waals surface area contributed by atoms with Crippen LogP contribution in [-0.2, 0) is 9.53 Å². The predicted octanol–water partition coefficient (Wildman–Crippen LogP) is 1.20. The molecule has 2 N–H and O–H groups in total. The Morgan fingerprint density at radius 2 is 2.24 bits per heavy atom. The summed E-state index contributed by atoms with van der Waals surface area (Å²) in [5, 5.41) is 16.0. The largest absolute Gasteiger partial charge is 0.497 e. The first-order valence-electron chi connectivity index (χ1n) is 7.66. The van der Waals surface area contributed by atoms with Gasteiger partial charge in [-0.25, -0.2) is 14.3 Å². The van der Waals surface area contributed by atoms with Gasteiger partial charge in [0.2, 0.25) is 0 Å². The number of benzene rings is 1. The summed E-state index contributed by atoms with van der Waals surface area (Å²) in [7, 11) is 1.53. The van der Waals surface area contributed by atoms with Crippen LogP contribution in [0.25, 0.3) is 5.69 Å². The molecule has 0 spiro atoms. The zero-order valence-electron chi connectivity index (χ0n) is 13.6. The Balaban J connectivity index is 1.76. The van der Waals surface area contributed by atoms with Crippen LogP contribution in [0, 0.1) is 0 Å². The number of urea groups is 1. The van der Waals surface area contributed by atoms with E-state index in [1.165, 1.54) is 12.0 Å². The van der Waals surface area contributed by atoms with Crippen molar-refractivity contribution in [1.29, 1.82) is 0 Å². The molecule has 1 aliphatic heterocycles. The van der Waals surface area contributed by atoms with Gasteiger partial charge in [-0.15, -0.1) is 0 Å². The van der Waals surface area contributed by atoms with Crippen LogP contribution in [0.5, 0.6) is 5.75 Å². The van der Waals surface area contributed by atoms with E-state index in [4.69, 9.17) is 14.6 Å². The van der Waals surface area contributed by atoms with E-state index in [0.717, 1.165) is 5.69 Å². The van der Waals surface area contributed by atoms with Crippen molar-refractivity contribution >= 4 is 17.7 Å². The second kappa shape index (κ2) is 7.22. The summed E-state index contributed by atoms with van der Waals surface area (Å²) in [6.07, 6.45) is 2.42. The normalized spacial score (nSPS) is 17.2. The number of carbonyl (C=O) groups is 2. The average Bonchev–Trinajstić information content (AvgIpc) is 3.16. The summed E-state index contributed by atoms with van der Waals surface area (Å²) >= 11 is 0. The summed E-state index contributed by atoms with van der Waals surface area (Å²) in [6.45, 7) is 0.504. The molecule has 2 heterocycles. The van der Waals surface area contributed by atoms with E-state index in [1.54, 1.807) is 41.3 Å². The molecular formula is C16H18N4O5. The summed E-state index contributed by atoms with van der Waals surface area (Å²) in [4.78, 5) is 24.9. The number of morpholine rings is 1. The molecule has 3 rings (SSSR count). The van der Waals surface area contributed by atoms with Crippen molar-refractivity contribution in [2.45, 2.75) is 6.10 Å². The fraction of sp³-hybridized carbons (Fsp3) is 0.312. The number of ether oxygens (including phenoxy) is 2. The van der Waals surface area contributed by atoms with Gasteiger partial charge in [-0.1, -0.05) is 0 Å². The van der Waals surface area contributed by atoms with Crippen LogP contribution < -0.4 is 10.1 Å². The fourth-order valence-corrected chi connectivity index (χ4v) is 2.51. The third kappa shape index (κ3) is 3.89. The first-order valence-corrected chi connectivity index (χ1v) is 7.66. The molecule has 1 unspecified atom stereocenters. The van der Waals surface area contributed by atoms with Gasteiger partial charge in [0.1, 0.15) is 5.75 Å². The molecule has 1 saturated heterocycles. The number of carbonyl (C=O) groups excluding carboxylic acids is 1. The van der Waals surface area contributed by atoms with E-state index in [1.807, 2.05) is 0 Å². The average molecular weight is 346 g/mol. The van der Waals surface area contributed by atoms with Gasteiger partial charge < -0.3 is 24.8 Å². The predicted molar refractivity (Wildman–Crippen MR) is 88.1 cm³/mol. The summed E-state index contributed by atoms with van der Waals surface area (Å²) < 4.78 is 12.0. The third-order valence-electron chi connectivity index (χ3n) is 3.78. The minimum atomic E-state index is -1.08. The first-order chi connectivity index (χ1) is 12.1. The van der Waals surface area contributed by atoms with E-state index < -0.39 is 18.1 Å². The zero-order valence-corrected chi connectivity index (χ0v) is 13.6. The molecule has 1 atom stereocenters. The number of amides is 2. The first kappa shape index (κ1) is 16.8. The number of carboxylic acids is 1. The van der Waals surface area contributed by atoms with Gasteiger partial charge in [0.25, 0.3) is 0 Å². The Hall–Kier alpha value is -3.07. The highest BCUT2D eigenvalue weighted by Gasteiger charge is 2.29. The quantitative estimate of drug-likeness (QED) is 0.862. The molecule has 1 aromatic heterocycles. The van der Waals surface area contributed by atoms with Gasteiger partial charge in [-0.2, -0.15) is 5.10 Å². The zero-order chi connectivity index (χ0) is 17.8. The number of aromatic nitrogens is 2. The molecule has 9 nitrogen and oxygen atoms in total. The van der Waals surface area contributed by atoms with Crippen LogP contribution >= 0.6 is 0 Å². The summed E-state index contributed by atoms with van der Waals surface area (Å²) in [5.41, 5.74) is 1.25. The standard InChI is InChI=1S/C16H18N4O5/c1-24-13-8-11(7-12(9-13)20-4-2-3-17-20)18-16(23)19-5-6-25-14(10-19)15(21)22/h2-4,7-9,14H,5-6,10H2,1H3,(H,18,23)(H,21,22). The van der Waals surface area contributed by atoms with Crippen LogP contribution in [0.15, 0.2) is 36.7 Å². The second-order valence-corrected chi connectivity index (χ2v) is 5.44. The van der Waals surface area contributed by atoms with Crippen molar-refractivity contribution in [2.75, 3.05) is 32.1 Å². The maximum absolute atomic E-state index is 12.4. The van der Waals surface area contributed by atoms with Gasteiger partial charge in [0, 0.05) is 36.8 Å². The number of hydrogen-bond donors (Lipinski definition) is 2. The lowest BCUT2D eigenvalue weighted by molar-refractivity contribution is -0.154. The maximum Gasteiger partial charge on any atom is 0.334 e. The van der Waals surface area contributed by atoms with Crippen molar-refractivity contribution in [3.05, 3.63) is 36.7 Å². The molecule has 0 aliphatic carbocycles. The highest BCUT2D eigenvalue weighted by molar-refractivity contribution is 5.90. The van der Waals surface area contributed by atoms with E-state index >= 15 is 0 Å². The van der Waals surface area contributed by atoms with E-state index in [2.05, 4.69) is 10.4 Å². The molecule has 132 valence electrons. The Bertz CT molecular complexity index is 762. The van der Waals surface area contributed by atoms with Gasteiger partial charge >= 0.3 is 12.0 Å². The molecule has 25 heavy (non-hydrogen) atoms. The molecule has 2 amide bonds. The highest BCUT2D eigenvalue weighted by Crippen LogP contribution is 2.23. The molecule has 0 radical (unpaired) electrons. The lowest BCUT2D eigenvalue weighted by Gasteiger charge is -2.30. The number of hydrogen-bond acceptors (Lipinski definition) is 5. The Morgan fingerprint density at radius 1 is 1.40 bits per heavy atom. The number of methoxy groups -OCH3 is 1. The van der Waals surface area contributed by atoms with Crippen LogP contribution in [0.1, 0.15) is 0 Å². The number of anilines is 1. The van der Waals surface area contributed by atoms with Crippen molar-refractivity contribution in [1.82, 2.24) is 14.7 Å². The van der Waals surface area contributed by atoms with Crippen LogP contribution in [0.2, 0.25) is 0 Å². The lowest BCUT2D eigenvalue weighted by atomic mass is 10.2. The van der Waals surface area contributed by atoms with Gasteiger partial charge in [-0.3, -0.25) is 0 Å². The Morgan fingerprint density at radius 3 is 2.92 bits per heavy atom.